The van der Waals surface area contributed by atoms with Gasteiger partial charge in [0.05, 0.1) is 38.6 Å². The van der Waals surface area contributed by atoms with E-state index in [2.05, 4.69) is 52.1 Å². The van der Waals surface area contributed by atoms with Crippen molar-refractivity contribution >= 4 is 34.2 Å². The number of aromatic amines is 1. The maximum atomic E-state index is 13.1. The van der Waals surface area contributed by atoms with Crippen molar-refractivity contribution < 1.29 is 23.8 Å². The van der Waals surface area contributed by atoms with E-state index < -0.39 is 5.97 Å². The van der Waals surface area contributed by atoms with E-state index in [1.54, 1.807) is 33.3 Å². The Morgan fingerprint density at radius 2 is 1.69 bits per heavy atom. The highest BCUT2D eigenvalue weighted by molar-refractivity contribution is 6.11. The van der Waals surface area contributed by atoms with E-state index in [0.717, 1.165) is 26.2 Å². The minimum absolute atomic E-state index is 0.190. The summed E-state index contributed by atoms with van der Waals surface area (Å²) in [4.78, 5) is 33.3. The fraction of sp³-hybridized carbons (Fsp3) is 0.407. The van der Waals surface area contributed by atoms with Gasteiger partial charge in [0.15, 0.2) is 11.5 Å². The van der Waals surface area contributed by atoms with Crippen molar-refractivity contribution in [2.75, 3.05) is 63.8 Å². The number of carbonyl (C=O) groups is 2. The first-order chi connectivity index (χ1) is 17.3. The van der Waals surface area contributed by atoms with Crippen LogP contribution in [0.15, 0.2) is 30.3 Å². The van der Waals surface area contributed by atoms with Gasteiger partial charge in [0.25, 0.3) is 0 Å². The molecule has 0 aliphatic carbocycles. The molecule has 2 N–H and O–H groups in total. The van der Waals surface area contributed by atoms with Crippen molar-refractivity contribution in [3.8, 4) is 11.5 Å². The number of methoxy groups -OCH3 is 2. The number of fused-ring (bicyclic) bond motifs is 1. The highest BCUT2D eigenvalue weighted by atomic mass is 16.5. The van der Waals surface area contributed by atoms with E-state index >= 15 is 0 Å². The van der Waals surface area contributed by atoms with Gasteiger partial charge in [0, 0.05) is 43.3 Å². The van der Waals surface area contributed by atoms with Crippen LogP contribution in [0.25, 0.3) is 10.9 Å². The predicted octanol–water partition coefficient (Wildman–Crippen LogP) is 3.74. The Balaban J connectivity index is 1.50. The minimum Gasteiger partial charge on any atom is -0.493 e. The molecule has 0 spiro atoms. The van der Waals surface area contributed by atoms with E-state index in [1.807, 2.05) is 0 Å². The Bertz CT molecular complexity index is 1260. The number of carbonyl (C=O) groups excluding carboxylic acids is 2. The van der Waals surface area contributed by atoms with Crippen LogP contribution in [0.5, 0.6) is 11.5 Å². The van der Waals surface area contributed by atoms with Gasteiger partial charge >= 0.3 is 5.97 Å². The van der Waals surface area contributed by atoms with Gasteiger partial charge in [-0.2, -0.15) is 0 Å². The summed E-state index contributed by atoms with van der Waals surface area (Å²) >= 11 is 0. The lowest BCUT2D eigenvalue weighted by molar-refractivity contribution is -0.117. The number of nitrogens with zero attached hydrogens (tertiary/aromatic N) is 2. The molecule has 3 aromatic rings. The van der Waals surface area contributed by atoms with Crippen LogP contribution in [0, 0.1) is 13.8 Å². The topological polar surface area (TPSA) is 96.1 Å². The summed E-state index contributed by atoms with van der Waals surface area (Å²) < 4.78 is 16.0. The SMILES string of the molecule is CCOC(=O)c1[nH]c2cc(OC)c(OC)cc2c1NC(=O)CN1CCN(c2cc(C)ccc2C)CC1. The lowest BCUT2D eigenvalue weighted by Gasteiger charge is -2.36. The van der Waals surface area contributed by atoms with Gasteiger partial charge in [-0.15, -0.1) is 0 Å². The molecule has 9 nitrogen and oxygen atoms in total. The van der Waals surface area contributed by atoms with Crippen molar-refractivity contribution in [2.45, 2.75) is 20.8 Å². The number of nitrogens with one attached hydrogen (secondary N) is 2. The highest BCUT2D eigenvalue weighted by Crippen LogP contribution is 2.37. The summed E-state index contributed by atoms with van der Waals surface area (Å²) in [6, 6.07) is 9.97. The Hall–Kier alpha value is -3.72. The first kappa shape index (κ1) is 25.4. The fourth-order valence-electron chi connectivity index (χ4n) is 4.60. The maximum Gasteiger partial charge on any atom is 0.356 e. The number of aromatic nitrogens is 1. The summed E-state index contributed by atoms with van der Waals surface area (Å²) in [7, 11) is 3.08. The van der Waals surface area contributed by atoms with Gasteiger partial charge < -0.3 is 29.4 Å². The lowest BCUT2D eigenvalue weighted by Crippen LogP contribution is -2.48. The van der Waals surface area contributed by atoms with E-state index in [1.165, 1.54) is 16.8 Å². The number of aryl methyl sites for hydroxylation is 2. The second-order valence-electron chi connectivity index (χ2n) is 8.95. The van der Waals surface area contributed by atoms with Gasteiger partial charge in [-0.05, 0) is 44.0 Å². The molecule has 0 atom stereocenters. The van der Waals surface area contributed by atoms with Crippen LogP contribution in [0.3, 0.4) is 0 Å². The van der Waals surface area contributed by atoms with E-state index in [0.29, 0.717) is 28.1 Å². The van der Waals surface area contributed by atoms with E-state index in [-0.39, 0.29) is 24.8 Å². The Kier molecular flexibility index (Phi) is 7.69. The van der Waals surface area contributed by atoms with Crippen LogP contribution >= 0.6 is 0 Å². The number of piperazine rings is 1. The number of rotatable bonds is 8. The quantitative estimate of drug-likeness (QED) is 0.461. The number of anilines is 2. The summed E-state index contributed by atoms with van der Waals surface area (Å²) in [6.45, 7) is 9.64. The molecular weight excluding hydrogens is 460 g/mol. The normalized spacial score (nSPS) is 14.1. The summed E-state index contributed by atoms with van der Waals surface area (Å²) in [5.41, 5.74) is 4.95. The first-order valence-electron chi connectivity index (χ1n) is 12.1. The molecule has 0 bridgehead atoms. The monoisotopic (exact) mass is 494 g/mol. The minimum atomic E-state index is -0.538. The molecule has 1 aromatic heterocycles. The third-order valence-electron chi connectivity index (χ3n) is 6.49. The standard InChI is InChI=1S/C27H34N4O5/c1-6-36-27(33)26-25(19-14-22(34-4)23(35-5)15-20(19)28-26)29-24(32)16-30-9-11-31(12-10-30)21-13-17(2)7-8-18(21)3/h7-8,13-15,28H,6,9-12,16H2,1-5H3,(H,29,32). The molecule has 1 fully saturated rings. The van der Waals surface area contributed by atoms with Crippen molar-refractivity contribution in [2.24, 2.45) is 0 Å². The van der Waals surface area contributed by atoms with Crippen LogP contribution in [0.4, 0.5) is 11.4 Å². The molecule has 1 aliphatic rings. The molecule has 1 amide bonds. The van der Waals surface area contributed by atoms with Crippen LogP contribution in [0.2, 0.25) is 0 Å². The third-order valence-corrected chi connectivity index (χ3v) is 6.49. The van der Waals surface area contributed by atoms with Crippen molar-refractivity contribution in [1.29, 1.82) is 0 Å². The molecule has 0 unspecified atom stereocenters. The Labute approximate surface area is 211 Å². The largest absolute Gasteiger partial charge is 0.493 e. The molecule has 1 saturated heterocycles. The van der Waals surface area contributed by atoms with Gasteiger partial charge in [-0.25, -0.2) is 4.79 Å². The summed E-state index contributed by atoms with van der Waals surface area (Å²) in [5, 5.41) is 3.59. The molecule has 0 saturated carbocycles. The van der Waals surface area contributed by atoms with Crippen LogP contribution in [0.1, 0.15) is 28.5 Å². The van der Waals surface area contributed by atoms with Crippen LogP contribution in [-0.4, -0.2) is 75.3 Å². The van der Waals surface area contributed by atoms with Gasteiger partial charge in [0.1, 0.15) is 5.69 Å². The number of hydrogen-bond donors (Lipinski definition) is 2. The second kappa shape index (κ2) is 10.9. The van der Waals surface area contributed by atoms with E-state index in [9.17, 15) is 9.59 Å². The van der Waals surface area contributed by atoms with Crippen molar-refractivity contribution in [3.05, 3.63) is 47.2 Å². The zero-order valence-electron chi connectivity index (χ0n) is 21.6. The molecule has 36 heavy (non-hydrogen) atoms. The molecule has 9 heteroatoms. The molecule has 192 valence electrons. The van der Waals surface area contributed by atoms with Gasteiger partial charge in [-0.1, -0.05) is 12.1 Å². The highest BCUT2D eigenvalue weighted by Gasteiger charge is 2.25. The number of hydrogen-bond acceptors (Lipinski definition) is 7. The number of ether oxygens (including phenoxy) is 3. The fourth-order valence-corrected chi connectivity index (χ4v) is 4.60. The molecule has 2 heterocycles. The zero-order valence-corrected chi connectivity index (χ0v) is 21.6. The number of H-pyrrole nitrogens is 1. The van der Waals surface area contributed by atoms with Crippen molar-refractivity contribution in [3.63, 3.8) is 0 Å². The first-order valence-corrected chi connectivity index (χ1v) is 12.1. The second-order valence-corrected chi connectivity index (χ2v) is 8.95. The van der Waals surface area contributed by atoms with Crippen LogP contribution < -0.4 is 19.7 Å². The number of amides is 1. The molecule has 4 rings (SSSR count). The van der Waals surface area contributed by atoms with Gasteiger partial charge in [0.2, 0.25) is 5.91 Å². The number of benzene rings is 2. The Morgan fingerprint density at radius 1 is 1.00 bits per heavy atom. The van der Waals surface area contributed by atoms with Crippen molar-refractivity contribution in [1.82, 2.24) is 9.88 Å². The number of esters is 1. The van der Waals surface area contributed by atoms with E-state index in [4.69, 9.17) is 14.2 Å². The zero-order chi connectivity index (χ0) is 25.8. The smallest absolute Gasteiger partial charge is 0.356 e. The molecule has 2 aromatic carbocycles. The molecule has 0 radical (unpaired) electrons. The average Bonchev–Trinajstić information content (AvgIpc) is 3.22. The van der Waals surface area contributed by atoms with Gasteiger partial charge in [-0.3, -0.25) is 9.69 Å². The summed E-state index contributed by atoms with van der Waals surface area (Å²) in [6.07, 6.45) is 0. The lowest BCUT2D eigenvalue weighted by atomic mass is 10.1. The average molecular weight is 495 g/mol. The maximum absolute atomic E-state index is 13.1. The summed E-state index contributed by atoms with van der Waals surface area (Å²) in [5.74, 6) is 0.277. The predicted molar refractivity (Wildman–Crippen MR) is 141 cm³/mol. The third kappa shape index (κ3) is 5.26. The molecular formula is C27H34N4O5. The molecule has 1 aliphatic heterocycles. The van der Waals surface area contributed by atoms with Crippen LogP contribution in [-0.2, 0) is 9.53 Å². The Morgan fingerprint density at radius 3 is 2.36 bits per heavy atom.